The molecule has 0 unspecified atom stereocenters. The topological polar surface area (TPSA) is 52.6 Å². The molecule has 0 rings (SSSR count). The maximum atomic E-state index is 11.8. The first-order valence-corrected chi connectivity index (χ1v) is 5.90. The summed E-state index contributed by atoms with van der Waals surface area (Å²) in [7, 11) is 0. The summed E-state index contributed by atoms with van der Waals surface area (Å²) in [5.74, 6) is -0.734. The summed E-state index contributed by atoms with van der Waals surface area (Å²) in [6, 6.07) is 0. The molecule has 0 aromatic carbocycles. The summed E-state index contributed by atoms with van der Waals surface area (Å²) in [6.45, 7) is 7.42. The third-order valence-electron chi connectivity index (χ3n) is 2.99. The minimum absolute atomic E-state index is 0. The molecule has 0 fully saturated rings. The van der Waals surface area contributed by atoms with E-state index in [0.29, 0.717) is 19.4 Å². The molecule has 0 atom stereocenters. The second kappa shape index (κ2) is 9.64. The fourth-order valence-electron chi connectivity index (χ4n) is 1.56. The van der Waals surface area contributed by atoms with Crippen molar-refractivity contribution in [3.8, 4) is 0 Å². The summed E-state index contributed by atoms with van der Waals surface area (Å²) in [6.07, 6.45) is 2.68. The predicted octanol–water partition coefficient (Wildman–Crippen LogP) is 1.47. The Morgan fingerprint density at radius 2 is 1.65 bits per heavy atom. The van der Waals surface area contributed by atoms with Crippen LogP contribution in [0.4, 0.5) is 0 Å². The molecule has 0 radical (unpaired) electrons. The van der Waals surface area contributed by atoms with Gasteiger partial charge in [-0.2, -0.15) is 4.89 Å². The van der Waals surface area contributed by atoms with Gasteiger partial charge in [-0.1, -0.05) is 27.2 Å². The first-order valence-electron chi connectivity index (χ1n) is 5.90. The lowest BCUT2D eigenvalue weighted by Crippen LogP contribution is -2.38. The highest BCUT2D eigenvalue weighted by Gasteiger charge is 2.42. The summed E-state index contributed by atoms with van der Waals surface area (Å²) in [5, 5.41) is 0. The Labute approximate surface area is 114 Å². The van der Waals surface area contributed by atoms with E-state index >= 15 is 0 Å². The molecule has 0 amide bonds. The first kappa shape index (κ1) is 19.0. The van der Waals surface area contributed by atoms with Crippen LogP contribution in [0.15, 0.2) is 0 Å². The van der Waals surface area contributed by atoms with Crippen molar-refractivity contribution in [1.82, 2.24) is 0 Å². The Bertz CT molecular complexity index is 237. The van der Waals surface area contributed by atoms with E-state index in [-0.39, 0.29) is 23.1 Å². The number of hydrogen-bond donors (Lipinski definition) is 0. The predicted molar refractivity (Wildman–Crippen MR) is 70.6 cm³/mol. The molecule has 100 valence electrons. The molecular weight excluding hydrogens is 235 g/mol. The fraction of sp³-hybridized carbons (Fsp3) is 0.833. The van der Waals surface area contributed by atoms with E-state index in [9.17, 15) is 9.59 Å². The van der Waals surface area contributed by atoms with Crippen LogP contribution in [0.25, 0.3) is 0 Å². The highest BCUT2D eigenvalue weighted by atomic mass is 27.0. The van der Waals surface area contributed by atoms with Crippen LogP contribution in [0.1, 0.15) is 53.4 Å². The number of unbranched alkanes of at least 4 members (excludes halogenated alkanes) is 1. The Balaban J connectivity index is 0. The lowest BCUT2D eigenvalue weighted by molar-refractivity contribution is -0.280. The number of hydrogen-bond acceptors (Lipinski definition) is 4. The molecule has 0 spiro atoms. The zero-order valence-corrected chi connectivity index (χ0v) is 10.7. The molecule has 0 aliphatic rings. The van der Waals surface area contributed by atoms with E-state index in [4.69, 9.17) is 9.78 Å². The molecule has 0 aromatic heterocycles. The molecule has 0 heterocycles. The zero-order chi connectivity index (χ0) is 12.6. The van der Waals surface area contributed by atoms with E-state index in [2.05, 4.69) is 0 Å². The van der Waals surface area contributed by atoms with Gasteiger partial charge in [0.25, 0.3) is 0 Å². The molecule has 0 bridgehead atoms. The molecule has 0 N–H and O–H groups in total. The van der Waals surface area contributed by atoms with Gasteiger partial charge in [-0.25, -0.2) is 4.79 Å². The average molecular weight is 260 g/mol. The van der Waals surface area contributed by atoms with E-state index in [0.717, 1.165) is 12.8 Å². The number of carbonyl (C=O) groups is 2. The van der Waals surface area contributed by atoms with Gasteiger partial charge >= 0.3 is 5.97 Å². The van der Waals surface area contributed by atoms with E-state index in [1.807, 2.05) is 6.92 Å². The third kappa shape index (κ3) is 5.20. The van der Waals surface area contributed by atoms with Gasteiger partial charge in [-0.05, 0) is 26.2 Å². The Morgan fingerprint density at radius 3 is 2.00 bits per heavy atom. The monoisotopic (exact) mass is 260 g/mol. The summed E-state index contributed by atoms with van der Waals surface area (Å²) >= 11 is 0. The van der Waals surface area contributed by atoms with Crippen LogP contribution in [-0.2, 0) is 19.4 Å². The molecule has 5 heteroatoms. The minimum atomic E-state index is -1.04. The van der Waals surface area contributed by atoms with Gasteiger partial charge in [0.15, 0.2) is 17.4 Å². The van der Waals surface area contributed by atoms with Crippen molar-refractivity contribution in [3.63, 3.8) is 0 Å². The minimum Gasteiger partial charge on any atom is -0.299 e. The smallest absolute Gasteiger partial charge is 0.299 e. The number of Topliss-reactive ketones (excluding diaryl/α,β-unsaturated/α-hetero) is 1. The number of rotatable bonds is 8. The van der Waals surface area contributed by atoms with E-state index in [1.54, 1.807) is 13.8 Å². The van der Waals surface area contributed by atoms with Crippen LogP contribution in [0.3, 0.4) is 0 Å². The van der Waals surface area contributed by atoms with Crippen LogP contribution < -0.4 is 0 Å². The highest BCUT2D eigenvalue weighted by Crippen LogP contribution is 2.29. The SMILES string of the molecule is CCCCOOC(=O)C(CC)(CC)C(C)=O.[AlH3]. The lowest BCUT2D eigenvalue weighted by atomic mass is 9.79. The van der Waals surface area contributed by atoms with Gasteiger partial charge < -0.3 is 0 Å². The lowest BCUT2D eigenvalue weighted by Gasteiger charge is -2.24. The third-order valence-corrected chi connectivity index (χ3v) is 2.99. The molecule has 0 aromatic rings. The maximum Gasteiger partial charge on any atom is 0.355 e. The number of ketones is 1. The largest absolute Gasteiger partial charge is 0.355 e. The van der Waals surface area contributed by atoms with Crippen molar-refractivity contribution in [2.24, 2.45) is 5.41 Å². The second-order valence-corrected chi connectivity index (χ2v) is 3.89. The summed E-state index contributed by atoms with van der Waals surface area (Å²) in [5.41, 5.74) is -1.04. The van der Waals surface area contributed by atoms with Crippen molar-refractivity contribution in [2.75, 3.05) is 6.61 Å². The molecule has 17 heavy (non-hydrogen) atoms. The Kier molecular flexibility index (Phi) is 10.8. The van der Waals surface area contributed by atoms with Crippen LogP contribution in [0, 0.1) is 5.41 Å². The normalized spacial score (nSPS) is 10.6. The Hall–Kier alpha value is -0.368. The zero-order valence-electron chi connectivity index (χ0n) is 10.7. The molecule has 0 saturated carbocycles. The Morgan fingerprint density at radius 1 is 1.12 bits per heavy atom. The number of carbonyl (C=O) groups excluding carboxylic acids is 2. The van der Waals surface area contributed by atoms with E-state index < -0.39 is 11.4 Å². The van der Waals surface area contributed by atoms with Crippen molar-refractivity contribution in [3.05, 3.63) is 0 Å². The van der Waals surface area contributed by atoms with Gasteiger partial charge in [0.2, 0.25) is 0 Å². The fourth-order valence-corrected chi connectivity index (χ4v) is 1.56. The van der Waals surface area contributed by atoms with Gasteiger partial charge in [-0.15, -0.1) is 0 Å². The van der Waals surface area contributed by atoms with Crippen LogP contribution in [0.2, 0.25) is 0 Å². The first-order chi connectivity index (χ1) is 7.55. The molecule has 4 nitrogen and oxygen atoms in total. The van der Waals surface area contributed by atoms with Gasteiger partial charge in [0.05, 0.1) is 6.61 Å². The maximum absolute atomic E-state index is 11.8. The molecule has 0 saturated heterocycles. The summed E-state index contributed by atoms with van der Waals surface area (Å²) < 4.78 is 0. The average Bonchev–Trinajstić information content (AvgIpc) is 2.26. The standard InChI is InChI=1S/C12H22O4.Al.3H/c1-5-8-9-15-16-11(14)12(6-2,7-3)10(4)13;;;;/h5-9H2,1-4H3;;;;. The van der Waals surface area contributed by atoms with Crippen molar-refractivity contribution < 1.29 is 19.4 Å². The van der Waals surface area contributed by atoms with Crippen LogP contribution in [-0.4, -0.2) is 35.7 Å². The van der Waals surface area contributed by atoms with Crippen molar-refractivity contribution in [2.45, 2.75) is 53.4 Å². The highest BCUT2D eigenvalue weighted by molar-refractivity contribution is 6.02. The van der Waals surface area contributed by atoms with Gasteiger partial charge in [0, 0.05) is 0 Å². The van der Waals surface area contributed by atoms with Crippen molar-refractivity contribution in [1.29, 1.82) is 0 Å². The van der Waals surface area contributed by atoms with Gasteiger partial charge in [-0.3, -0.25) is 9.68 Å². The van der Waals surface area contributed by atoms with Gasteiger partial charge in [0.1, 0.15) is 11.2 Å². The van der Waals surface area contributed by atoms with Crippen LogP contribution >= 0.6 is 0 Å². The molecule has 0 aliphatic heterocycles. The van der Waals surface area contributed by atoms with Crippen LogP contribution in [0.5, 0.6) is 0 Å². The quantitative estimate of drug-likeness (QED) is 0.218. The second-order valence-electron chi connectivity index (χ2n) is 3.89. The summed E-state index contributed by atoms with van der Waals surface area (Å²) in [4.78, 5) is 32.8. The van der Waals surface area contributed by atoms with E-state index in [1.165, 1.54) is 6.92 Å². The molecule has 0 aliphatic carbocycles. The molecular formula is C12H25AlO4. The van der Waals surface area contributed by atoms with Crippen molar-refractivity contribution >= 4 is 29.1 Å².